The topological polar surface area (TPSA) is 55.6 Å². The molecule has 0 aromatic heterocycles. The van der Waals surface area contributed by atoms with Crippen molar-refractivity contribution in [3.05, 3.63) is 29.8 Å². The number of hydrogen-bond donors (Lipinski definition) is 1. The third-order valence-corrected chi connectivity index (χ3v) is 4.35. The SMILES string of the molecule is CC(C)c1ccc(OCCC(=O)N2CCCCC2CN)cc1.Cl. The van der Waals surface area contributed by atoms with Crippen LogP contribution in [-0.4, -0.2) is 36.5 Å². The second kappa shape index (κ2) is 9.78. The van der Waals surface area contributed by atoms with E-state index in [1.165, 1.54) is 12.0 Å². The highest BCUT2D eigenvalue weighted by atomic mass is 35.5. The molecule has 2 N–H and O–H groups in total. The number of benzene rings is 1. The molecule has 0 saturated carbocycles. The number of hydrogen-bond acceptors (Lipinski definition) is 3. The van der Waals surface area contributed by atoms with E-state index in [9.17, 15) is 4.79 Å². The number of rotatable bonds is 6. The van der Waals surface area contributed by atoms with Crippen LogP contribution in [0.3, 0.4) is 0 Å². The normalized spacial score (nSPS) is 17.7. The van der Waals surface area contributed by atoms with Crippen LogP contribution in [0.15, 0.2) is 24.3 Å². The van der Waals surface area contributed by atoms with Gasteiger partial charge in [0.25, 0.3) is 0 Å². The Hall–Kier alpha value is -1.26. The molecule has 1 unspecified atom stereocenters. The van der Waals surface area contributed by atoms with E-state index in [0.29, 0.717) is 25.5 Å². The van der Waals surface area contributed by atoms with Gasteiger partial charge in [-0.3, -0.25) is 4.79 Å². The lowest BCUT2D eigenvalue weighted by Crippen LogP contribution is -2.47. The zero-order valence-electron chi connectivity index (χ0n) is 14.2. The summed E-state index contributed by atoms with van der Waals surface area (Å²) in [4.78, 5) is 14.2. The van der Waals surface area contributed by atoms with Gasteiger partial charge in [-0.2, -0.15) is 0 Å². The molecule has 0 bridgehead atoms. The Labute approximate surface area is 145 Å². The van der Waals surface area contributed by atoms with Crippen molar-refractivity contribution in [1.29, 1.82) is 0 Å². The fourth-order valence-electron chi connectivity index (χ4n) is 2.92. The Morgan fingerprint density at radius 3 is 2.61 bits per heavy atom. The standard InChI is InChI=1S/C18H28N2O2.ClH/c1-14(2)15-6-8-17(9-7-15)22-12-10-18(21)20-11-4-3-5-16(20)13-19;/h6-9,14,16H,3-5,10-13,19H2,1-2H3;1H. The molecule has 1 atom stereocenters. The van der Waals surface area contributed by atoms with Crippen molar-refractivity contribution in [2.75, 3.05) is 19.7 Å². The minimum Gasteiger partial charge on any atom is -0.493 e. The van der Waals surface area contributed by atoms with E-state index in [1.807, 2.05) is 17.0 Å². The molecule has 0 spiro atoms. The number of carbonyl (C=O) groups excluding carboxylic acids is 1. The maximum absolute atomic E-state index is 12.3. The fraction of sp³-hybridized carbons (Fsp3) is 0.611. The van der Waals surface area contributed by atoms with Gasteiger partial charge in [0, 0.05) is 19.1 Å². The van der Waals surface area contributed by atoms with Crippen LogP contribution in [0.25, 0.3) is 0 Å². The summed E-state index contributed by atoms with van der Waals surface area (Å²) in [6, 6.07) is 8.33. The van der Waals surface area contributed by atoms with Gasteiger partial charge in [0.05, 0.1) is 13.0 Å². The van der Waals surface area contributed by atoms with E-state index in [-0.39, 0.29) is 24.4 Å². The number of ether oxygens (including phenoxy) is 1. The molecule has 1 saturated heterocycles. The van der Waals surface area contributed by atoms with Crippen molar-refractivity contribution in [1.82, 2.24) is 4.90 Å². The Morgan fingerprint density at radius 1 is 1.30 bits per heavy atom. The number of piperidine rings is 1. The first-order valence-electron chi connectivity index (χ1n) is 8.34. The number of amides is 1. The van der Waals surface area contributed by atoms with E-state index in [4.69, 9.17) is 10.5 Å². The summed E-state index contributed by atoms with van der Waals surface area (Å²) in [5, 5.41) is 0. The van der Waals surface area contributed by atoms with E-state index in [2.05, 4.69) is 26.0 Å². The summed E-state index contributed by atoms with van der Waals surface area (Å²) < 4.78 is 5.69. The third kappa shape index (κ3) is 5.70. The highest BCUT2D eigenvalue weighted by Crippen LogP contribution is 2.20. The van der Waals surface area contributed by atoms with Gasteiger partial charge in [-0.1, -0.05) is 26.0 Å². The molecule has 2 rings (SSSR count). The van der Waals surface area contributed by atoms with Crippen molar-refractivity contribution in [3.8, 4) is 5.75 Å². The molecule has 0 aliphatic carbocycles. The molecule has 1 aromatic carbocycles. The van der Waals surface area contributed by atoms with Crippen LogP contribution in [-0.2, 0) is 4.79 Å². The molecule has 1 fully saturated rings. The third-order valence-electron chi connectivity index (χ3n) is 4.35. The Morgan fingerprint density at radius 2 is 2.00 bits per heavy atom. The monoisotopic (exact) mass is 340 g/mol. The van der Waals surface area contributed by atoms with E-state index >= 15 is 0 Å². The van der Waals surface area contributed by atoms with E-state index in [0.717, 1.165) is 25.1 Å². The first kappa shape index (κ1) is 19.8. The second-order valence-electron chi connectivity index (χ2n) is 6.29. The Bertz CT molecular complexity index is 476. The summed E-state index contributed by atoms with van der Waals surface area (Å²) in [6.45, 7) is 6.16. The Kier molecular flexibility index (Phi) is 8.42. The zero-order chi connectivity index (χ0) is 15.9. The van der Waals surface area contributed by atoms with Gasteiger partial charge in [0.1, 0.15) is 5.75 Å². The molecule has 130 valence electrons. The average Bonchev–Trinajstić information content (AvgIpc) is 2.55. The number of carbonyl (C=O) groups is 1. The molecular formula is C18H29ClN2O2. The highest BCUT2D eigenvalue weighted by molar-refractivity contribution is 5.85. The predicted molar refractivity (Wildman–Crippen MR) is 96.3 cm³/mol. The van der Waals surface area contributed by atoms with Crippen LogP contribution in [0, 0.1) is 0 Å². The Balaban J connectivity index is 0.00000264. The van der Waals surface area contributed by atoms with Crippen LogP contribution in [0.5, 0.6) is 5.75 Å². The average molecular weight is 341 g/mol. The molecule has 1 aromatic rings. The van der Waals surface area contributed by atoms with E-state index < -0.39 is 0 Å². The van der Waals surface area contributed by atoms with Gasteiger partial charge in [0.15, 0.2) is 0 Å². The fourth-order valence-corrected chi connectivity index (χ4v) is 2.92. The molecule has 4 nitrogen and oxygen atoms in total. The van der Waals surface area contributed by atoms with Crippen LogP contribution in [0.1, 0.15) is 51.0 Å². The summed E-state index contributed by atoms with van der Waals surface area (Å²) >= 11 is 0. The lowest BCUT2D eigenvalue weighted by Gasteiger charge is -2.35. The molecule has 1 aliphatic heterocycles. The van der Waals surface area contributed by atoms with Gasteiger partial charge in [-0.25, -0.2) is 0 Å². The number of halogens is 1. The van der Waals surface area contributed by atoms with Crippen LogP contribution in [0.2, 0.25) is 0 Å². The maximum Gasteiger partial charge on any atom is 0.226 e. The van der Waals surface area contributed by atoms with Crippen LogP contribution >= 0.6 is 12.4 Å². The van der Waals surface area contributed by atoms with Gasteiger partial charge in [-0.05, 0) is 42.9 Å². The molecule has 1 aliphatic rings. The smallest absolute Gasteiger partial charge is 0.226 e. The van der Waals surface area contributed by atoms with Gasteiger partial charge in [0.2, 0.25) is 5.91 Å². The summed E-state index contributed by atoms with van der Waals surface area (Å²) in [5.74, 6) is 1.50. The molecule has 1 amide bonds. The van der Waals surface area contributed by atoms with Crippen molar-refractivity contribution in [3.63, 3.8) is 0 Å². The maximum atomic E-state index is 12.3. The number of nitrogens with zero attached hydrogens (tertiary/aromatic N) is 1. The first-order valence-corrected chi connectivity index (χ1v) is 8.34. The number of nitrogens with two attached hydrogens (primary N) is 1. The van der Waals surface area contributed by atoms with Crippen molar-refractivity contribution >= 4 is 18.3 Å². The lowest BCUT2D eigenvalue weighted by molar-refractivity contribution is -0.135. The quantitative estimate of drug-likeness (QED) is 0.864. The predicted octanol–water partition coefficient (Wildman–Crippen LogP) is 3.34. The molecular weight excluding hydrogens is 312 g/mol. The van der Waals surface area contributed by atoms with Crippen LogP contribution < -0.4 is 10.5 Å². The summed E-state index contributed by atoms with van der Waals surface area (Å²) in [7, 11) is 0. The minimum absolute atomic E-state index is 0. The highest BCUT2D eigenvalue weighted by Gasteiger charge is 2.25. The molecule has 1 heterocycles. The first-order chi connectivity index (χ1) is 10.6. The minimum atomic E-state index is 0. The molecule has 5 heteroatoms. The summed E-state index contributed by atoms with van der Waals surface area (Å²) in [5.41, 5.74) is 7.06. The largest absolute Gasteiger partial charge is 0.493 e. The number of likely N-dealkylation sites (tertiary alicyclic amines) is 1. The van der Waals surface area contributed by atoms with Crippen molar-refractivity contribution in [2.45, 2.75) is 51.5 Å². The van der Waals surface area contributed by atoms with Crippen LogP contribution in [0.4, 0.5) is 0 Å². The van der Waals surface area contributed by atoms with Gasteiger partial charge < -0.3 is 15.4 Å². The molecule has 0 radical (unpaired) electrons. The second-order valence-corrected chi connectivity index (χ2v) is 6.29. The van der Waals surface area contributed by atoms with Crippen molar-refractivity contribution in [2.24, 2.45) is 5.73 Å². The van der Waals surface area contributed by atoms with E-state index in [1.54, 1.807) is 0 Å². The zero-order valence-corrected chi connectivity index (χ0v) is 15.0. The molecule has 23 heavy (non-hydrogen) atoms. The lowest BCUT2D eigenvalue weighted by atomic mass is 10.0. The van der Waals surface area contributed by atoms with Gasteiger partial charge >= 0.3 is 0 Å². The summed E-state index contributed by atoms with van der Waals surface area (Å²) in [6.07, 6.45) is 3.70. The van der Waals surface area contributed by atoms with Crippen molar-refractivity contribution < 1.29 is 9.53 Å². The van der Waals surface area contributed by atoms with Gasteiger partial charge in [-0.15, -0.1) is 12.4 Å².